The van der Waals surface area contributed by atoms with E-state index in [0.717, 1.165) is 5.56 Å². The molecule has 0 spiro atoms. The minimum absolute atomic E-state index is 0.0511. The number of rotatable bonds is 4. The first-order chi connectivity index (χ1) is 8.66. The van der Waals surface area contributed by atoms with Crippen LogP contribution in [0.3, 0.4) is 0 Å². The van der Waals surface area contributed by atoms with Crippen molar-refractivity contribution < 1.29 is 9.13 Å². The molecular weight excluding hydrogens is 231 g/mol. The third kappa shape index (κ3) is 2.85. The van der Waals surface area contributed by atoms with Gasteiger partial charge in [0.1, 0.15) is 24.0 Å². The van der Waals surface area contributed by atoms with E-state index < -0.39 is 0 Å². The van der Waals surface area contributed by atoms with Crippen LogP contribution in [0.2, 0.25) is 0 Å². The van der Waals surface area contributed by atoms with E-state index in [9.17, 15) is 4.39 Å². The number of hydrogen-bond donors (Lipinski definition) is 2. The molecule has 2 aromatic rings. The molecule has 0 saturated carbocycles. The van der Waals surface area contributed by atoms with E-state index in [1.54, 1.807) is 36.4 Å². The summed E-state index contributed by atoms with van der Waals surface area (Å²) in [6.45, 7) is 0.238. The summed E-state index contributed by atoms with van der Waals surface area (Å²) in [5.74, 6) is 0.176. The number of hydrogen-bond acceptors (Lipinski definition) is 2. The topological polar surface area (TPSA) is 59.1 Å². The van der Waals surface area contributed by atoms with Gasteiger partial charge in [-0.05, 0) is 29.8 Å². The van der Waals surface area contributed by atoms with Crippen molar-refractivity contribution in [3.05, 3.63) is 65.5 Å². The summed E-state index contributed by atoms with van der Waals surface area (Å²) in [5.41, 5.74) is 6.72. The third-order valence-corrected chi connectivity index (χ3v) is 2.46. The lowest BCUT2D eigenvalue weighted by molar-refractivity contribution is 0.305. The summed E-state index contributed by atoms with van der Waals surface area (Å²) in [5, 5.41) is 7.43. The molecule has 0 radical (unpaired) electrons. The molecule has 0 amide bonds. The van der Waals surface area contributed by atoms with Crippen LogP contribution >= 0.6 is 0 Å². The van der Waals surface area contributed by atoms with Gasteiger partial charge in [0.05, 0.1) is 5.56 Å². The van der Waals surface area contributed by atoms with E-state index in [2.05, 4.69) is 0 Å². The van der Waals surface area contributed by atoms with Gasteiger partial charge in [0.25, 0.3) is 0 Å². The summed E-state index contributed by atoms with van der Waals surface area (Å²) in [6, 6.07) is 13.2. The van der Waals surface area contributed by atoms with Crippen molar-refractivity contribution in [2.45, 2.75) is 6.61 Å². The lowest BCUT2D eigenvalue weighted by Gasteiger charge is -2.10. The number of nitrogens with two attached hydrogens (primary N) is 1. The fraction of sp³-hybridized carbons (Fsp3) is 0.0714. The minimum Gasteiger partial charge on any atom is -0.488 e. The molecule has 2 aromatic carbocycles. The highest BCUT2D eigenvalue weighted by molar-refractivity contribution is 5.97. The lowest BCUT2D eigenvalue weighted by atomic mass is 10.2. The van der Waals surface area contributed by atoms with Crippen LogP contribution in [0.4, 0.5) is 4.39 Å². The maximum absolute atomic E-state index is 13.0. The van der Waals surface area contributed by atoms with Gasteiger partial charge in [-0.3, -0.25) is 5.41 Å². The minimum atomic E-state index is -0.295. The smallest absolute Gasteiger partial charge is 0.130 e. The Balaban J connectivity index is 2.13. The van der Waals surface area contributed by atoms with E-state index >= 15 is 0 Å². The van der Waals surface area contributed by atoms with Crippen LogP contribution in [0.25, 0.3) is 0 Å². The zero-order chi connectivity index (χ0) is 13.0. The quantitative estimate of drug-likeness (QED) is 0.641. The number of nitrogens with one attached hydrogen (secondary N) is 1. The van der Waals surface area contributed by atoms with Crippen LogP contribution < -0.4 is 10.5 Å². The average molecular weight is 244 g/mol. The second kappa shape index (κ2) is 5.31. The third-order valence-electron chi connectivity index (χ3n) is 2.46. The van der Waals surface area contributed by atoms with Gasteiger partial charge in [-0.2, -0.15) is 0 Å². The summed E-state index contributed by atoms with van der Waals surface area (Å²) in [7, 11) is 0. The molecule has 3 N–H and O–H groups in total. The number of para-hydroxylation sites is 1. The number of ether oxygens (including phenoxy) is 1. The van der Waals surface area contributed by atoms with Gasteiger partial charge < -0.3 is 10.5 Å². The van der Waals surface area contributed by atoms with E-state index in [0.29, 0.717) is 11.3 Å². The Morgan fingerprint density at radius 1 is 1.17 bits per heavy atom. The predicted octanol–water partition coefficient (Wildman–Crippen LogP) is 2.69. The first-order valence-corrected chi connectivity index (χ1v) is 5.47. The molecule has 0 aromatic heterocycles. The molecule has 0 aliphatic heterocycles. The SMILES string of the molecule is N=C(N)c1ccccc1OCc1cccc(F)c1. The molecule has 3 nitrogen and oxygen atoms in total. The van der Waals surface area contributed by atoms with E-state index in [-0.39, 0.29) is 18.3 Å². The van der Waals surface area contributed by atoms with Crippen LogP contribution in [0.5, 0.6) is 5.75 Å². The summed E-state index contributed by atoms with van der Waals surface area (Å²) in [6.07, 6.45) is 0. The maximum Gasteiger partial charge on any atom is 0.130 e. The summed E-state index contributed by atoms with van der Waals surface area (Å²) >= 11 is 0. The van der Waals surface area contributed by atoms with Gasteiger partial charge in [0.15, 0.2) is 0 Å². The molecule has 0 aliphatic carbocycles. The fourth-order valence-corrected chi connectivity index (χ4v) is 1.60. The Bertz CT molecular complexity index is 569. The molecule has 0 bridgehead atoms. The Hall–Kier alpha value is -2.36. The molecule has 0 fully saturated rings. The van der Waals surface area contributed by atoms with Crippen LogP contribution in [0, 0.1) is 11.2 Å². The zero-order valence-corrected chi connectivity index (χ0v) is 9.69. The second-order valence-corrected chi connectivity index (χ2v) is 3.83. The molecule has 4 heteroatoms. The molecule has 2 rings (SSSR count). The van der Waals surface area contributed by atoms with Crippen molar-refractivity contribution in [1.82, 2.24) is 0 Å². The largest absolute Gasteiger partial charge is 0.488 e. The number of halogens is 1. The van der Waals surface area contributed by atoms with Crippen LogP contribution in [0.1, 0.15) is 11.1 Å². The highest BCUT2D eigenvalue weighted by Crippen LogP contribution is 2.18. The Morgan fingerprint density at radius 2 is 1.94 bits per heavy atom. The van der Waals surface area contributed by atoms with Gasteiger partial charge >= 0.3 is 0 Å². The summed E-state index contributed by atoms with van der Waals surface area (Å²) in [4.78, 5) is 0. The molecule has 0 atom stereocenters. The molecule has 0 aliphatic rings. The summed E-state index contributed by atoms with van der Waals surface area (Å²) < 4.78 is 18.5. The molecule has 0 unspecified atom stereocenters. The van der Waals surface area contributed by atoms with Crippen molar-refractivity contribution >= 4 is 5.84 Å². The van der Waals surface area contributed by atoms with Crippen molar-refractivity contribution in [1.29, 1.82) is 5.41 Å². The fourth-order valence-electron chi connectivity index (χ4n) is 1.60. The van der Waals surface area contributed by atoms with E-state index in [1.165, 1.54) is 12.1 Å². The van der Waals surface area contributed by atoms with Gasteiger partial charge in [0, 0.05) is 0 Å². The Kier molecular flexibility index (Phi) is 3.57. The Labute approximate surface area is 105 Å². The van der Waals surface area contributed by atoms with Gasteiger partial charge in [-0.1, -0.05) is 24.3 Å². The van der Waals surface area contributed by atoms with Crippen LogP contribution in [-0.4, -0.2) is 5.84 Å². The normalized spacial score (nSPS) is 10.1. The number of amidine groups is 1. The van der Waals surface area contributed by atoms with E-state index in [1.807, 2.05) is 0 Å². The zero-order valence-electron chi connectivity index (χ0n) is 9.69. The highest BCUT2D eigenvalue weighted by atomic mass is 19.1. The predicted molar refractivity (Wildman–Crippen MR) is 68.2 cm³/mol. The number of benzene rings is 2. The maximum atomic E-state index is 13.0. The molecule has 0 heterocycles. The molecule has 92 valence electrons. The first-order valence-electron chi connectivity index (χ1n) is 5.47. The average Bonchev–Trinajstić information content (AvgIpc) is 2.37. The van der Waals surface area contributed by atoms with Crippen molar-refractivity contribution in [2.24, 2.45) is 5.73 Å². The van der Waals surface area contributed by atoms with Crippen LogP contribution in [0.15, 0.2) is 48.5 Å². The lowest BCUT2D eigenvalue weighted by Crippen LogP contribution is -2.13. The van der Waals surface area contributed by atoms with Crippen LogP contribution in [-0.2, 0) is 6.61 Å². The second-order valence-electron chi connectivity index (χ2n) is 3.83. The van der Waals surface area contributed by atoms with E-state index in [4.69, 9.17) is 15.9 Å². The van der Waals surface area contributed by atoms with Gasteiger partial charge in [-0.15, -0.1) is 0 Å². The first kappa shape index (κ1) is 12.1. The van der Waals surface area contributed by atoms with Gasteiger partial charge in [0.2, 0.25) is 0 Å². The van der Waals surface area contributed by atoms with Crippen molar-refractivity contribution in [2.75, 3.05) is 0 Å². The number of nitrogen functional groups attached to an aromatic ring is 1. The molecular formula is C14H13FN2O. The molecule has 18 heavy (non-hydrogen) atoms. The van der Waals surface area contributed by atoms with Gasteiger partial charge in [-0.25, -0.2) is 4.39 Å². The Morgan fingerprint density at radius 3 is 2.67 bits per heavy atom. The van der Waals surface area contributed by atoms with Crippen molar-refractivity contribution in [3.8, 4) is 5.75 Å². The highest BCUT2D eigenvalue weighted by Gasteiger charge is 2.05. The molecule has 0 saturated heterocycles. The monoisotopic (exact) mass is 244 g/mol. The standard InChI is InChI=1S/C14H13FN2O/c15-11-5-3-4-10(8-11)9-18-13-7-2-1-6-12(13)14(16)17/h1-8H,9H2,(H3,16,17). The van der Waals surface area contributed by atoms with Crippen molar-refractivity contribution in [3.63, 3.8) is 0 Å².